The summed E-state index contributed by atoms with van der Waals surface area (Å²) in [4.78, 5) is 0. The molecule has 1 atom stereocenters. The van der Waals surface area contributed by atoms with Crippen LogP contribution in [0.4, 0.5) is 0 Å². The fraction of sp³-hybridized carbons (Fsp3) is 0.250. The number of halogens is 2. The Morgan fingerprint density at radius 3 is 2.53 bits per heavy atom. The summed E-state index contributed by atoms with van der Waals surface area (Å²) in [6, 6.07) is 16.4. The van der Waals surface area contributed by atoms with E-state index >= 15 is 0 Å². The van der Waals surface area contributed by atoms with E-state index in [1.54, 1.807) is 0 Å². The van der Waals surface area contributed by atoms with Crippen molar-refractivity contribution in [2.24, 2.45) is 0 Å². The highest BCUT2D eigenvalue weighted by Gasteiger charge is 2.13. The van der Waals surface area contributed by atoms with E-state index in [1.165, 1.54) is 9.13 Å². The molecule has 2 aromatic rings. The predicted molar refractivity (Wildman–Crippen MR) is 89.0 cm³/mol. The van der Waals surface area contributed by atoms with E-state index in [2.05, 4.69) is 53.8 Å². The molecular formula is C16H16ClIO. The molecule has 0 aliphatic heterocycles. The molecule has 19 heavy (non-hydrogen) atoms. The first-order valence-electron chi connectivity index (χ1n) is 6.24. The lowest BCUT2D eigenvalue weighted by Gasteiger charge is -2.20. The molecule has 0 amide bonds. The third kappa shape index (κ3) is 4.11. The first-order valence-corrected chi connectivity index (χ1v) is 7.85. The zero-order valence-electron chi connectivity index (χ0n) is 10.8. The zero-order valence-corrected chi connectivity index (χ0v) is 13.7. The number of rotatable bonds is 5. The predicted octanol–water partition coefficient (Wildman–Crippen LogP) is 5.35. The molecule has 0 aliphatic carbocycles. The summed E-state index contributed by atoms with van der Waals surface area (Å²) in [6.45, 7) is 2.07. The van der Waals surface area contributed by atoms with Crippen molar-refractivity contribution in [1.29, 1.82) is 0 Å². The van der Waals surface area contributed by atoms with Crippen molar-refractivity contribution >= 4 is 34.2 Å². The fourth-order valence-electron chi connectivity index (χ4n) is 1.96. The van der Waals surface area contributed by atoms with E-state index in [0.29, 0.717) is 5.88 Å². The Balaban J connectivity index is 2.21. The number of hydrogen-bond donors (Lipinski definition) is 0. The molecule has 0 aliphatic rings. The van der Waals surface area contributed by atoms with Crippen molar-refractivity contribution in [3.63, 3.8) is 0 Å². The SMILES string of the molecule is Cc1cc(I)ccc1O[C@@H](CCCl)c1ccccc1. The van der Waals surface area contributed by atoms with Gasteiger partial charge in [0.25, 0.3) is 0 Å². The van der Waals surface area contributed by atoms with Crippen LogP contribution in [-0.4, -0.2) is 5.88 Å². The van der Waals surface area contributed by atoms with E-state index in [-0.39, 0.29) is 6.10 Å². The second-order valence-corrected chi connectivity index (χ2v) is 6.03. The average molecular weight is 387 g/mol. The second-order valence-electron chi connectivity index (χ2n) is 4.40. The average Bonchev–Trinajstić information content (AvgIpc) is 2.42. The normalized spacial score (nSPS) is 12.2. The Hall–Kier alpha value is -0.740. The van der Waals surface area contributed by atoms with Crippen molar-refractivity contribution in [2.45, 2.75) is 19.4 Å². The Bertz CT molecular complexity index is 528. The van der Waals surface area contributed by atoms with Crippen LogP contribution >= 0.6 is 34.2 Å². The van der Waals surface area contributed by atoms with Crippen LogP contribution in [0.2, 0.25) is 0 Å². The maximum absolute atomic E-state index is 6.14. The van der Waals surface area contributed by atoms with Gasteiger partial charge in [0.1, 0.15) is 11.9 Å². The van der Waals surface area contributed by atoms with E-state index in [9.17, 15) is 0 Å². The van der Waals surface area contributed by atoms with E-state index in [0.717, 1.165) is 17.7 Å². The summed E-state index contributed by atoms with van der Waals surface area (Å²) in [6.07, 6.45) is 0.814. The minimum atomic E-state index is 0.0115. The summed E-state index contributed by atoms with van der Waals surface area (Å²) in [5.74, 6) is 1.52. The maximum atomic E-state index is 6.14. The van der Waals surface area contributed by atoms with Gasteiger partial charge in [-0.2, -0.15) is 0 Å². The van der Waals surface area contributed by atoms with Gasteiger partial charge in [-0.3, -0.25) is 0 Å². The smallest absolute Gasteiger partial charge is 0.125 e. The number of aryl methyl sites for hydroxylation is 1. The van der Waals surface area contributed by atoms with Gasteiger partial charge >= 0.3 is 0 Å². The van der Waals surface area contributed by atoms with Crippen LogP contribution in [0, 0.1) is 10.5 Å². The van der Waals surface area contributed by atoms with Crippen LogP contribution in [-0.2, 0) is 0 Å². The number of ether oxygens (including phenoxy) is 1. The molecule has 100 valence electrons. The molecule has 0 saturated heterocycles. The molecule has 0 spiro atoms. The van der Waals surface area contributed by atoms with Crippen molar-refractivity contribution in [1.82, 2.24) is 0 Å². The van der Waals surface area contributed by atoms with Crippen molar-refractivity contribution in [3.8, 4) is 5.75 Å². The van der Waals surface area contributed by atoms with Gasteiger partial charge in [0.05, 0.1) is 0 Å². The van der Waals surface area contributed by atoms with Crippen LogP contribution < -0.4 is 4.74 Å². The first-order chi connectivity index (χ1) is 9.20. The summed E-state index contributed by atoms with van der Waals surface area (Å²) in [5, 5.41) is 0. The number of benzene rings is 2. The van der Waals surface area contributed by atoms with Crippen LogP contribution in [0.3, 0.4) is 0 Å². The van der Waals surface area contributed by atoms with Gasteiger partial charge in [-0.1, -0.05) is 30.3 Å². The van der Waals surface area contributed by atoms with Gasteiger partial charge in [-0.25, -0.2) is 0 Å². The van der Waals surface area contributed by atoms with Crippen LogP contribution in [0.1, 0.15) is 23.7 Å². The molecular weight excluding hydrogens is 371 g/mol. The summed E-state index contributed by atoms with van der Waals surface area (Å²) in [7, 11) is 0. The molecule has 0 heterocycles. The Labute approximate surface area is 133 Å². The Morgan fingerprint density at radius 1 is 1.16 bits per heavy atom. The fourth-order valence-corrected chi connectivity index (χ4v) is 2.80. The van der Waals surface area contributed by atoms with Crippen LogP contribution in [0.5, 0.6) is 5.75 Å². The topological polar surface area (TPSA) is 9.23 Å². The van der Waals surface area contributed by atoms with Crippen molar-refractivity contribution < 1.29 is 4.74 Å². The minimum Gasteiger partial charge on any atom is -0.485 e. The molecule has 0 N–H and O–H groups in total. The van der Waals surface area contributed by atoms with Crippen molar-refractivity contribution in [3.05, 3.63) is 63.2 Å². The lowest BCUT2D eigenvalue weighted by atomic mass is 10.1. The Kier molecular flexibility index (Phi) is 5.52. The zero-order chi connectivity index (χ0) is 13.7. The largest absolute Gasteiger partial charge is 0.485 e. The third-order valence-corrected chi connectivity index (χ3v) is 3.84. The lowest BCUT2D eigenvalue weighted by Crippen LogP contribution is -2.09. The molecule has 2 aromatic carbocycles. The maximum Gasteiger partial charge on any atom is 0.125 e. The van der Waals surface area contributed by atoms with Crippen LogP contribution in [0.15, 0.2) is 48.5 Å². The van der Waals surface area contributed by atoms with Gasteiger partial charge in [-0.05, 0) is 58.8 Å². The molecule has 0 radical (unpaired) electrons. The Morgan fingerprint density at radius 2 is 1.89 bits per heavy atom. The highest BCUT2D eigenvalue weighted by atomic mass is 127. The van der Waals surface area contributed by atoms with E-state index in [4.69, 9.17) is 16.3 Å². The lowest BCUT2D eigenvalue weighted by molar-refractivity contribution is 0.201. The molecule has 0 aromatic heterocycles. The molecule has 3 heteroatoms. The third-order valence-electron chi connectivity index (χ3n) is 2.95. The van der Waals surface area contributed by atoms with Gasteiger partial charge in [0.2, 0.25) is 0 Å². The monoisotopic (exact) mass is 386 g/mol. The van der Waals surface area contributed by atoms with E-state index in [1.807, 2.05) is 24.3 Å². The summed E-state index contributed by atoms with van der Waals surface area (Å²) >= 11 is 8.20. The summed E-state index contributed by atoms with van der Waals surface area (Å²) in [5.41, 5.74) is 2.32. The molecule has 2 rings (SSSR count). The molecule has 0 fully saturated rings. The minimum absolute atomic E-state index is 0.0115. The molecule has 1 nitrogen and oxygen atoms in total. The first kappa shape index (κ1) is 14.7. The quantitative estimate of drug-likeness (QED) is 0.497. The summed E-state index contributed by atoms with van der Waals surface area (Å²) < 4.78 is 7.36. The number of hydrogen-bond acceptors (Lipinski definition) is 1. The van der Waals surface area contributed by atoms with E-state index < -0.39 is 0 Å². The van der Waals surface area contributed by atoms with Gasteiger partial charge in [0, 0.05) is 15.9 Å². The highest BCUT2D eigenvalue weighted by molar-refractivity contribution is 14.1. The molecule has 0 saturated carbocycles. The number of alkyl halides is 1. The standard InChI is InChI=1S/C16H16ClIO/c1-12-11-14(18)7-8-15(12)19-16(9-10-17)13-5-3-2-4-6-13/h2-8,11,16H,9-10H2,1H3/t16-/m0/s1. The second kappa shape index (κ2) is 7.15. The molecule has 0 bridgehead atoms. The van der Waals surface area contributed by atoms with Crippen LogP contribution in [0.25, 0.3) is 0 Å². The highest BCUT2D eigenvalue weighted by Crippen LogP contribution is 2.28. The van der Waals surface area contributed by atoms with Gasteiger partial charge in [-0.15, -0.1) is 11.6 Å². The van der Waals surface area contributed by atoms with Gasteiger partial charge in [0.15, 0.2) is 0 Å². The van der Waals surface area contributed by atoms with Crippen molar-refractivity contribution in [2.75, 3.05) is 5.88 Å². The van der Waals surface area contributed by atoms with Gasteiger partial charge < -0.3 is 4.74 Å². The molecule has 0 unspecified atom stereocenters.